The number of carbonyl (C=O) groups is 4. The van der Waals surface area contributed by atoms with Crippen LogP contribution < -0.4 is 16.0 Å². The highest BCUT2D eigenvalue weighted by Gasteiger charge is 2.25. The molecule has 30 heavy (non-hydrogen) atoms. The maximum Gasteiger partial charge on any atom is 0.340 e. The van der Waals surface area contributed by atoms with Crippen molar-refractivity contribution in [1.29, 1.82) is 0 Å². The predicted molar refractivity (Wildman–Crippen MR) is 104 cm³/mol. The first-order valence-corrected chi connectivity index (χ1v) is 9.04. The molecular weight excluding hydrogens is 394 g/mol. The number of urea groups is 1. The minimum Gasteiger partial charge on any atom is -0.463 e. The van der Waals surface area contributed by atoms with Crippen molar-refractivity contribution in [2.75, 3.05) is 25.1 Å². The molecule has 10 nitrogen and oxygen atoms in total. The number of anilines is 1. The molecule has 156 valence electrons. The van der Waals surface area contributed by atoms with Gasteiger partial charge < -0.3 is 29.8 Å². The monoisotopic (exact) mass is 413 g/mol. The number of esters is 2. The number of carbonyl (C=O) groups excluding carboxylic acids is 4. The summed E-state index contributed by atoms with van der Waals surface area (Å²) in [6, 6.07) is 8.78. The highest BCUT2D eigenvalue weighted by Crippen LogP contribution is 2.18. The quantitative estimate of drug-likeness (QED) is 0.589. The van der Waals surface area contributed by atoms with Crippen LogP contribution in [0.2, 0.25) is 0 Å². The number of hydrogen-bond donors (Lipinski definition) is 3. The molecular formula is C20H19N3O7. The fraction of sp³-hybridized carbons (Fsp3) is 0.200. The van der Waals surface area contributed by atoms with Crippen LogP contribution in [0.5, 0.6) is 0 Å². The van der Waals surface area contributed by atoms with Crippen LogP contribution in [-0.4, -0.2) is 43.6 Å². The van der Waals surface area contributed by atoms with Crippen LogP contribution in [0.4, 0.5) is 10.5 Å². The SMILES string of the molecule is CCOC(=O)C1=C(COC(=O)c2ccccc2NC(=O)c2ccco2)NC(=O)NC1. The van der Waals surface area contributed by atoms with Gasteiger partial charge in [0.25, 0.3) is 5.91 Å². The molecule has 10 heteroatoms. The molecule has 0 radical (unpaired) electrons. The van der Waals surface area contributed by atoms with Crippen LogP contribution in [0, 0.1) is 0 Å². The van der Waals surface area contributed by atoms with Gasteiger partial charge in [0.15, 0.2) is 5.76 Å². The van der Waals surface area contributed by atoms with E-state index in [4.69, 9.17) is 13.9 Å². The van der Waals surface area contributed by atoms with Crippen LogP contribution in [0.25, 0.3) is 0 Å². The van der Waals surface area contributed by atoms with Crippen LogP contribution in [-0.2, 0) is 14.3 Å². The van der Waals surface area contributed by atoms with Crippen molar-refractivity contribution >= 4 is 29.6 Å². The van der Waals surface area contributed by atoms with Crippen molar-refractivity contribution in [3.05, 3.63) is 65.3 Å². The van der Waals surface area contributed by atoms with Gasteiger partial charge in [-0.15, -0.1) is 0 Å². The second kappa shape index (κ2) is 9.41. The fourth-order valence-electron chi connectivity index (χ4n) is 2.65. The van der Waals surface area contributed by atoms with E-state index < -0.39 is 23.9 Å². The number of para-hydroxylation sites is 1. The van der Waals surface area contributed by atoms with Crippen LogP contribution in [0.1, 0.15) is 27.8 Å². The molecule has 0 bridgehead atoms. The maximum atomic E-state index is 12.6. The molecule has 0 spiro atoms. The van der Waals surface area contributed by atoms with E-state index in [1.54, 1.807) is 25.1 Å². The summed E-state index contributed by atoms with van der Waals surface area (Å²) in [5, 5.41) is 7.49. The topological polar surface area (TPSA) is 136 Å². The number of furan rings is 1. The van der Waals surface area contributed by atoms with Crippen LogP contribution >= 0.6 is 0 Å². The molecule has 3 amide bonds. The van der Waals surface area contributed by atoms with E-state index >= 15 is 0 Å². The summed E-state index contributed by atoms with van der Waals surface area (Å²) in [5.74, 6) is -1.83. The van der Waals surface area contributed by atoms with Gasteiger partial charge in [-0.05, 0) is 31.2 Å². The zero-order valence-corrected chi connectivity index (χ0v) is 16.0. The van der Waals surface area contributed by atoms with Crippen molar-refractivity contribution in [3.8, 4) is 0 Å². The number of ether oxygens (including phenoxy) is 2. The molecule has 0 saturated heterocycles. The van der Waals surface area contributed by atoms with Crippen molar-refractivity contribution in [2.45, 2.75) is 6.92 Å². The van der Waals surface area contributed by atoms with Gasteiger partial charge in [-0.25, -0.2) is 14.4 Å². The summed E-state index contributed by atoms with van der Waals surface area (Å²) in [5.41, 5.74) is 0.597. The first-order valence-electron chi connectivity index (χ1n) is 9.04. The Hall–Kier alpha value is -4.08. The second-order valence-corrected chi connectivity index (χ2v) is 6.04. The summed E-state index contributed by atoms with van der Waals surface area (Å²) < 4.78 is 15.3. The van der Waals surface area contributed by atoms with Crippen molar-refractivity contribution < 1.29 is 33.1 Å². The standard InChI is InChI=1S/C20H19N3O7/c1-2-28-19(26)13-10-21-20(27)23-15(13)11-30-18(25)12-6-3-4-7-14(12)22-17(24)16-8-5-9-29-16/h3-9H,2,10-11H2,1H3,(H,22,24)(H2,21,23,27). The van der Waals surface area contributed by atoms with E-state index in [0.29, 0.717) is 0 Å². The van der Waals surface area contributed by atoms with Crippen LogP contribution in [0.15, 0.2) is 58.3 Å². The third kappa shape index (κ3) is 4.85. The lowest BCUT2D eigenvalue weighted by atomic mass is 10.1. The van der Waals surface area contributed by atoms with E-state index in [1.807, 2.05) is 0 Å². The number of benzene rings is 1. The number of amides is 3. The summed E-state index contributed by atoms with van der Waals surface area (Å²) in [6.07, 6.45) is 1.36. The molecule has 3 rings (SSSR count). The second-order valence-electron chi connectivity index (χ2n) is 6.04. The molecule has 2 heterocycles. The number of nitrogens with one attached hydrogen (secondary N) is 3. The third-order valence-corrected chi connectivity index (χ3v) is 4.06. The average Bonchev–Trinajstić information content (AvgIpc) is 3.28. The Morgan fingerprint density at radius 1 is 1.10 bits per heavy atom. The first-order chi connectivity index (χ1) is 14.5. The maximum absolute atomic E-state index is 12.6. The lowest BCUT2D eigenvalue weighted by Crippen LogP contribution is -2.45. The van der Waals surface area contributed by atoms with Gasteiger partial charge in [-0.2, -0.15) is 0 Å². The molecule has 2 aromatic rings. The van der Waals surface area contributed by atoms with Crippen molar-refractivity contribution in [3.63, 3.8) is 0 Å². The Labute approximate surface area is 171 Å². The van der Waals surface area contributed by atoms with Gasteiger partial charge in [-0.3, -0.25) is 4.79 Å². The van der Waals surface area contributed by atoms with Crippen LogP contribution in [0.3, 0.4) is 0 Å². The zero-order chi connectivity index (χ0) is 21.5. The Morgan fingerprint density at radius 3 is 2.63 bits per heavy atom. The highest BCUT2D eigenvalue weighted by atomic mass is 16.5. The number of rotatable bonds is 7. The lowest BCUT2D eigenvalue weighted by Gasteiger charge is -2.21. The van der Waals surface area contributed by atoms with Gasteiger partial charge in [0.2, 0.25) is 0 Å². The zero-order valence-electron chi connectivity index (χ0n) is 16.0. The van der Waals surface area contributed by atoms with Gasteiger partial charge >= 0.3 is 18.0 Å². The van der Waals surface area contributed by atoms with Gasteiger partial charge in [0.1, 0.15) is 6.61 Å². The molecule has 0 unspecified atom stereocenters. The van der Waals surface area contributed by atoms with Gasteiger partial charge in [0.05, 0.1) is 41.9 Å². The smallest absolute Gasteiger partial charge is 0.340 e. The van der Waals surface area contributed by atoms with E-state index in [2.05, 4.69) is 16.0 Å². The largest absolute Gasteiger partial charge is 0.463 e. The molecule has 1 aromatic heterocycles. The van der Waals surface area contributed by atoms with E-state index in [0.717, 1.165) is 0 Å². The molecule has 0 fully saturated rings. The average molecular weight is 413 g/mol. The Balaban J connectivity index is 1.73. The Morgan fingerprint density at radius 2 is 1.90 bits per heavy atom. The number of hydrogen-bond acceptors (Lipinski definition) is 7. The summed E-state index contributed by atoms with van der Waals surface area (Å²) in [6.45, 7) is 1.40. The lowest BCUT2D eigenvalue weighted by molar-refractivity contribution is -0.138. The van der Waals surface area contributed by atoms with E-state index in [1.165, 1.54) is 24.5 Å². The van der Waals surface area contributed by atoms with E-state index in [9.17, 15) is 19.2 Å². The normalized spacial score (nSPS) is 13.2. The molecule has 0 aliphatic carbocycles. The molecule has 1 aliphatic heterocycles. The Kier molecular flexibility index (Phi) is 6.48. The highest BCUT2D eigenvalue weighted by molar-refractivity contribution is 6.06. The molecule has 3 N–H and O–H groups in total. The minimum atomic E-state index is -0.756. The molecule has 1 aromatic carbocycles. The first kappa shape index (κ1) is 20.6. The summed E-state index contributed by atoms with van der Waals surface area (Å²) in [7, 11) is 0. The third-order valence-electron chi connectivity index (χ3n) is 4.06. The molecule has 1 aliphatic rings. The minimum absolute atomic E-state index is 0.0483. The molecule has 0 saturated carbocycles. The molecule has 0 atom stereocenters. The van der Waals surface area contributed by atoms with E-state index in [-0.39, 0.29) is 48.0 Å². The summed E-state index contributed by atoms with van der Waals surface area (Å²) in [4.78, 5) is 48.4. The fourth-order valence-corrected chi connectivity index (χ4v) is 2.65. The van der Waals surface area contributed by atoms with Gasteiger partial charge in [-0.1, -0.05) is 12.1 Å². The van der Waals surface area contributed by atoms with Crippen molar-refractivity contribution in [1.82, 2.24) is 10.6 Å². The van der Waals surface area contributed by atoms with Gasteiger partial charge in [0, 0.05) is 0 Å². The van der Waals surface area contributed by atoms with Crippen molar-refractivity contribution in [2.24, 2.45) is 0 Å². The predicted octanol–water partition coefficient (Wildman–Crippen LogP) is 1.82. The Bertz CT molecular complexity index is 996. The summed E-state index contributed by atoms with van der Waals surface area (Å²) >= 11 is 0.